The summed E-state index contributed by atoms with van der Waals surface area (Å²) >= 11 is 0. The van der Waals surface area contributed by atoms with Crippen LogP contribution in [0.4, 0.5) is 0 Å². The molecule has 0 aliphatic rings. The molecule has 0 saturated heterocycles. The van der Waals surface area contributed by atoms with Gasteiger partial charge < -0.3 is 10.2 Å². The number of benzene rings is 2. The van der Waals surface area contributed by atoms with E-state index in [1.165, 1.54) is 11.1 Å². The van der Waals surface area contributed by atoms with Crippen LogP contribution in [0.25, 0.3) is 0 Å². The van der Waals surface area contributed by atoms with E-state index in [9.17, 15) is 10.2 Å². The zero-order chi connectivity index (χ0) is 14.8. The van der Waals surface area contributed by atoms with E-state index < -0.39 is 0 Å². The molecule has 0 spiro atoms. The molecule has 2 nitrogen and oxygen atoms in total. The molecule has 0 heterocycles. The van der Waals surface area contributed by atoms with Crippen molar-refractivity contribution < 1.29 is 10.2 Å². The third-order valence-electron chi connectivity index (χ3n) is 3.93. The first-order chi connectivity index (χ1) is 9.38. The van der Waals surface area contributed by atoms with Crippen LogP contribution in [-0.4, -0.2) is 10.2 Å². The molecule has 0 aliphatic carbocycles. The Bertz CT molecular complexity index is 553. The van der Waals surface area contributed by atoms with Gasteiger partial charge in [-0.3, -0.25) is 0 Å². The van der Waals surface area contributed by atoms with Crippen LogP contribution >= 0.6 is 0 Å². The van der Waals surface area contributed by atoms with Gasteiger partial charge in [0.25, 0.3) is 0 Å². The van der Waals surface area contributed by atoms with Gasteiger partial charge in [0.15, 0.2) is 0 Å². The van der Waals surface area contributed by atoms with Gasteiger partial charge in [0.2, 0.25) is 0 Å². The lowest BCUT2D eigenvalue weighted by molar-refractivity contribution is 0.435. The maximum Gasteiger partial charge on any atom is 0.115 e. The van der Waals surface area contributed by atoms with Gasteiger partial charge in [0.1, 0.15) is 11.5 Å². The third-order valence-corrected chi connectivity index (χ3v) is 3.93. The maximum atomic E-state index is 9.38. The zero-order valence-electron chi connectivity index (χ0n) is 12.3. The first-order valence-electron chi connectivity index (χ1n) is 6.97. The van der Waals surface area contributed by atoms with Crippen LogP contribution in [0.1, 0.15) is 44.2 Å². The molecule has 0 fully saturated rings. The maximum absolute atomic E-state index is 9.38. The van der Waals surface area contributed by atoms with Gasteiger partial charge in [-0.25, -0.2) is 0 Å². The van der Waals surface area contributed by atoms with Crippen molar-refractivity contribution >= 4 is 0 Å². The van der Waals surface area contributed by atoms with Gasteiger partial charge in [-0.05, 0) is 53.1 Å². The summed E-state index contributed by atoms with van der Waals surface area (Å²) in [4.78, 5) is 0. The molecular formula is C18H22O2. The van der Waals surface area contributed by atoms with Crippen LogP contribution in [0.2, 0.25) is 0 Å². The summed E-state index contributed by atoms with van der Waals surface area (Å²) in [5.41, 5.74) is 2.49. The number of hydrogen-bond acceptors (Lipinski definition) is 2. The van der Waals surface area contributed by atoms with Crippen molar-refractivity contribution in [3.63, 3.8) is 0 Å². The van der Waals surface area contributed by atoms with Crippen molar-refractivity contribution in [2.24, 2.45) is 0 Å². The molecule has 20 heavy (non-hydrogen) atoms. The Morgan fingerprint density at radius 1 is 0.850 bits per heavy atom. The molecule has 2 heteroatoms. The van der Waals surface area contributed by atoms with E-state index in [1.807, 2.05) is 24.3 Å². The lowest BCUT2D eigenvalue weighted by atomic mass is 9.76. The van der Waals surface area contributed by atoms with E-state index in [2.05, 4.69) is 20.8 Å². The van der Waals surface area contributed by atoms with Gasteiger partial charge in [-0.15, -0.1) is 0 Å². The SMILES string of the molecule is CC(CC(C)(C)c1ccc(O)cc1)c1ccc(O)cc1. The molecule has 2 rings (SSSR count). The number of aromatic hydroxyl groups is 2. The first kappa shape index (κ1) is 14.4. The van der Waals surface area contributed by atoms with Gasteiger partial charge in [0, 0.05) is 0 Å². The number of hydrogen-bond donors (Lipinski definition) is 2. The quantitative estimate of drug-likeness (QED) is 0.854. The van der Waals surface area contributed by atoms with E-state index in [-0.39, 0.29) is 5.41 Å². The average molecular weight is 270 g/mol. The summed E-state index contributed by atoms with van der Waals surface area (Å²) in [6.07, 6.45) is 1.00. The highest BCUT2D eigenvalue weighted by Gasteiger charge is 2.24. The molecule has 106 valence electrons. The van der Waals surface area contributed by atoms with E-state index in [4.69, 9.17) is 0 Å². The lowest BCUT2D eigenvalue weighted by Gasteiger charge is -2.29. The molecule has 1 unspecified atom stereocenters. The molecule has 0 radical (unpaired) electrons. The Morgan fingerprint density at radius 3 is 1.80 bits per heavy atom. The van der Waals surface area contributed by atoms with Crippen molar-refractivity contribution in [1.82, 2.24) is 0 Å². The molecule has 2 N–H and O–H groups in total. The molecule has 0 aromatic heterocycles. The summed E-state index contributed by atoms with van der Waals surface area (Å²) < 4.78 is 0. The van der Waals surface area contributed by atoms with Crippen LogP contribution in [0.15, 0.2) is 48.5 Å². The summed E-state index contributed by atoms with van der Waals surface area (Å²) in [6, 6.07) is 14.9. The first-order valence-corrected chi connectivity index (χ1v) is 6.97. The Morgan fingerprint density at radius 2 is 1.30 bits per heavy atom. The average Bonchev–Trinajstić information content (AvgIpc) is 2.39. The van der Waals surface area contributed by atoms with E-state index >= 15 is 0 Å². The fraction of sp³-hybridized carbons (Fsp3) is 0.333. The Balaban J connectivity index is 2.14. The molecule has 2 aromatic carbocycles. The monoisotopic (exact) mass is 270 g/mol. The van der Waals surface area contributed by atoms with E-state index in [0.717, 1.165) is 6.42 Å². The highest BCUT2D eigenvalue weighted by atomic mass is 16.3. The van der Waals surface area contributed by atoms with Crippen LogP contribution in [-0.2, 0) is 5.41 Å². The minimum atomic E-state index is 0.0327. The predicted octanol–water partition coefficient (Wildman–Crippen LogP) is 4.57. The van der Waals surface area contributed by atoms with Crippen molar-refractivity contribution in [1.29, 1.82) is 0 Å². The van der Waals surface area contributed by atoms with Crippen LogP contribution in [0.3, 0.4) is 0 Å². The van der Waals surface area contributed by atoms with E-state index in [1.54, 1.807) is 24.3 Å². The molecule has 0 aliphatic heterocycles. The fourth-order valence-electron chi connectivity index (χ4n) is 2.72. The Hall–Kier alpha value is -1.96. The second-order valence-electron chi connectivity index (χ2n) is 6.13. The molecule has 0 saturated carbocycles. The fourth-order valence-corrected chi connectivity index (χ4v) is 2.72. The lowest BCUT2D eigenvalue weighted by Crippen LogP contribution is -2.19. The number of phenolic OH excluding ortho intramolecular Hbond substituents is 2. The van der Waals surface area contributed by atoms with E-state index in [0.29, 0.717) is 17.4 Å². The standard InChI is InChI=1S/C18H22O2/c1-13(14-4-8-16(19)9-5-14)12-18(2,3)15-6-10-17(20)11-7-15/h4-11,13,19-20H,12H2,1-3H3. The second-order valence-corrected chi connectivity index (χ2v) is 6.13. The van der Waals surface area contributed by atoms with Crippen molar-refractivity contribution in [3.8, 4) is 11.5 Å². The number of phenols is 2. The Labute approximate surface area is 120 Å². The zero-order valence-corrected chi connectivity index (χ0v) is 12.3. The third kappa shape index (κ3) is 3.32. The van der Waals surface area contributed by atoms with Gasteiger partial charge in [0.05, 0.1) is 0 Å². The van der Waals surface area contributed by atoms with Crippen LogP contribution < -0.4 is 0 Å². The van der Waals surface area contributed by atoms with Crippen LogP contribution in [0, 0.1) is 0 Å². The largest absolute Gasteiger partial charge is 0.508 e. The topological polar surface area (TPSA) is 40.5 Å². The predicted molar refractivity (Wildman–Crippen MR) is 82.3 cm³/mol. The normalized spacial score (nSPS) is 13.2. The summed E-state index contributed by atoms with van der Waals surface area (Å²) in [6.45, 7) is 6.64. The van der Waals surface area contributed by atoms with Gasteiger partial charge >= 0.3 is 0 Å². The highest BCUT2D eigenvalue weighted by molar-refractivity contribution is 5.32. The summed E-state index contributed by atoms with van der Waals surface area (Å²) in [5, 5.41) is 18.7. The molecule has 0 amide bonds. The molecular weight excluding hydrogens is 248 g/mol. The smallest absolute Gasteiger partial charge is 0.115 e. The van der Waals surface area contributed by atoms with Crippen molar-refractivity contribution in [2.45, 2.75) is 38.5 Å². The molecule has 2 aromatic rings. The molecule has 0 bridgehead atoms. The van der Waals surface area contributed by atoms with Crippen molar-refractivity contribution in [2.75, 3.05) is 0 Å². The Kier molecular flexibility index (Phi) is 4.03. The molecule has 1 atom stereocenters. The van der Waals surface area contributed by atoms with Gasteiger partial charge in [-0.2, -0.15) is 0 Å². The summed E-state index contributed by atoms with van der Waals surface area (Å²) in [5.74, 6) is 1.01. The second kappa shape index (κ2) is 5.58. The summed E-state index contributed by atoms with van der Waals surface area (Å²) in [7, 11) is 0. The van der Waals surface area contributed by atoms with Gasteiger partial charge in [-0.1, -0.05) is 45.0 Å². The number of rotatable bonds is 4. The van der Waals surface area contributed by atoms with Crippen LogP contribution in [0.5, 0.6) is 11.5 Å². The highest BCUT2D eigenvalue weighted by Crippen LogP contribution is 2.35. The minimum Gasteiger partial charge on any atom is -0.508 e. The minimum absolute atomic E-state index is 0.0327. The van der Waals surface area contributed by atoms with Crippen molar-refractivity contribution in [3.05, 3.63) is 59.7 Å².